The van der Waals surface area contributed by atoms with Crippen LogP contribution in [0.25, 0.3) is 0 Å². The molecule has 22 heavy (non-hydrogen) atoms. The highest BCUT2D eigenvalue weighted by Gasteiger charge is 2.02. The predicted molar refractivity (Wildman–Crippen MR) is 88.0 cm³/mol. The van der Waals surface area contributed by atoms with Crippen molar-refractivity contribution in [3.8, 4) is 17.6 Å². The first-order chi connectivity index (χ1) is 10.7. The van der Waals surface area contributed by atoms with E-state index < -0.39 is 0 Å². The first-order valence-electron chi connectivity index (χ1n) is 7.16. The standard InChI is InChI=1S/C19H19NO2/c1-15-9-11-17(12-10-15)19(21)20-13-5-6-14-22-18-8-4-3-7-16(18)2/h3-4,7-12H,13-14H2,1-2H3,(H,20,21). The number of hydrogen-bond acceptors (Lipinski definition) is 2. The van der Waals surface area contributed by atoms with Crippen LogP contribution >= 0.6 is 0 Å². The molecule has 0 saturated heterocycles. The molecule has 3 nitrogen and oxygen atoms in total. The Hall–Kier alpha value is -2.73. The van der Waals surface area contributed by atoms with Crippen LogP contribution in [-0.2, 0) is 0 Å². The quantitative estimate of drug-likeness (QED) is 0.880. The van der Waals surface area contributed by atoms with Gasteiger partial charge in [-0.2, -0.15) is 0 Å². The number of rotatable bonds is 4. The van der Waals surface area contributed by atoms with Gasteiger partial charge in [-0.25, -0.2) is 0 Å². The van der Waals surface area contributed by atoms with E-state index in [2.05, 4.69) is 17.2 Å². The van der Waals surface area contributed by atoms with E-state index in [0.717, 1.165) is 16.9 Å². The first-order valence-corrected chi connectivity index (χ1v) is 7.16. The van der Waals surface area contributed by atoms with Crippen molar-refractivity contribution in [2.24, 2.45) is 0 Å². The van der Waals surface area contributed by atoms with E-state index in [-0.39, 0.29) is 5.91 Å². The summed E-state index contributed by atoms with van der Waals surface area (Å²) in [6.07, 6.45) is 0. The molecular weight excluding hydrogens is 274 g/mol. The highest BCUT2D eigenvalue weighted by Crippen LogP contribution is 2.15. The molecule has 0 heterocycles. The van der Waals surface area contributed by atoms with Crippen molar-refractivity contribution in [1.29, 1.82) is 0 Å². The summed E-state index contributed by atoms with van der Waals surface area (Å²) >= 11 is 0. The highest BCUT2D eigenvalue weighted by atomic mass is 16.5. The monoisotopic (exact) mass is 293 g/mol. The predicted octanol–water partition coefficient (Wildman–Crippen LogP) is 3.12. The second-order valence-corrected chi connectivity index (χ2v) is 4.96. The lowest BCUT2D eigenvalue weighted by molar-refractivity contribution is 0.0958. The molecule has 0 aromatic heterocycles. The fourth-order valence-electron chi connectivity index (χ4n) is 1.88. The summed E-state index contributed by atoms with van der Waals surface area (Å²) in [5.74, 6) is 6.49. The van der Waals surface area contributed by atoms with E-state index in [1.54, 1.807) is 12.1 Å². The molecular formula is C19H19NO2. The Morgan fingerprint density at radius 3 is 2.50 bits per heavy atom. The average Bonchev–Trinajstić information content (AvgIpc) is 2.53. The molecule has 2 aromatic rings. The Balaban J connectivity index is 1.74. The Morgan fingerprint density at radius 1 is 1.05 bits per heavy atom. The zero-order valence-electron chi connectivity index (χ0n) is 12.8. The average molecular weight is 293 g/mol. The Kier molecular flexibility index (Phi) is 5.62. The van der Waals surface area contributed by atoms with Gasteiger partial charge in [0.1, 0.15) is 12.4 Å². The zero-order valence-corrected chi connectivity index (χ0v) is 12.8. The number of ether oxygens (including phenoxy) is 1. The maximum atomic E-state index is 11.8. The topological polar surface area (TPSA) is 38.3 Å². The van der Waals surface area contributed by atoms with Gasteiger partial charge in [0.05, 0.1) is 6.54 Å². The third-order valence-corrected chi connectivity index (χ3v) is 3.17. The molecule has 0 fully saturated rings. The third kappa shape index (κ3) is 4.68. The molecule has 0 spiro atoms. The number of nitrogens with one attached hydrogen (secondary N) is 1. The number of amides is 1. The van der Waals surface area contributed by atoms with Crippen molar-refractivity contribution < 1.29 is 9.53 Å². The summed E-state index contributed by atoms with van der Waals surface area (Å²) in [7, 11) is 0. The number of carbonyl (C=O) groups is 1. The van der Waals surface area contributed by atoms with Gasteiger partial charge in [0.15, 0.2) is 0 Å². The van der Waals surface area contributed by atoms with Gasteiger partial charge in [-0.1, -0.05) is 47.7 Å². The van der Waals surface area contributed by atoms with Crippen LogP contribution in [0, 0.1) is 25.7 Å². The number of aryl methyl sites for hydroxylation is 2. The Labute approximate surface area is 131 Å². The number of hydrogen-bond donors (Lipinski definition) is 1. The van der Waals surface area contributed by atoms with Crippen LogP contribution < -0.4 is 10.1 Å². The minimum absolute atomic E-state index is 0.117. The van der Waals surface area contributed by atoms with Gasteiger partial charge >= 0.3 is 0 Å². The van der Waals surface area contributed by atoms with E-state index in [1.807, 2.05) is 50.2 Å². The van der Waals surface area contributed by atoms with Crippen molar-refractivity contribution in [2.45, 2.75) is 13.8 Å². The van der Waals surface area contributed by atoms with Crippen molar-refractivity contribution >= 4 is 5.91 Å². The van der Waals surface area contributed by atoms with Crippen molar-refractivity contribution in [1.82, 2.24) is 5.32 Å². The third-order valence-electron chi connectivity index (χ3n) is 3.17. The number of para-hydroxylation sites is 1. The molecule has 2 rings (SSSR count). The fraction of sp³-hybridized carbons (Fsp3) is 0.211. The molecule has 0 unspecified atom stereocenters. The lowest BCUT2D eigenvalue weighted by atomic mass is 10.1. The molecule has 0 bridgehead atoms. The zero-order chi connectivity index (χ0) is 15.8. The maximum Gasteiger partial charge on any atom is 0.252 e. The van der Waals surface area contributed by atoms with Crippen LogP contribution in [0.5, 0.6) is 5.75 Å². The minimum Gasteiger partial charge on any atom is -0.481 e. The van der Waals surface area contributed by atoms with Crippen molar-refractivity contribution in [3.63, 3.8) is 0 Å². The molecule has 0 aliphatic carbocycles. The minimum atomic E-state index is -0.117. The Morgan fingerprint density at radius 2 is 1.77 bits per heavy atom. The molecule has 1 amide bonds. The van der Waals surface area contributed by atoms with E-state index >= 15 is 0 Å². The summed E-state index contributed by atoms with van der Waals surface area (Å²) in [5, 5.41) is 2.76. The summed E-state index contributed by atoms with van der Waals surface area (Å²) in [4.78, 5) is 11.8. The van der Waals surface area contributed by atoms with Crippen molar-refractivity contribution in [3.05, 3.63) is 65.2 Å². The van der Waals surface area contributed by atoms with Gasteiger partial charge < -0.3 is 10.1 Å². The Bertz CT molecular complexity index is 693. The molecule has 1 N–H and O–H groups in total. The molecule has 0 aliphatic heterocycles. The second kappa shape index (κ2) is 7.90. The highest BCUT2D eigenvalue weighted by molar-refractivity contribution is 5.94. The fourth-order valence-corrected chi connectivity index (χ4v) is 1.88. The van der Waals surface area contributed by atoms with Crippen LogP contribution in [0.2, 0.25) is 0 Å². The molecule has 0 atom stereocenters. The SMILES string of the molecule is Cc1ccc(C(=O)NCC#CCOc2ccccc2C)cc1. The second-order valence-electron chi connectivity index (χ2n) is 4.96. The van der Waals surface area contributed by atoms with E-state index in [1.165, 1.54) is 0 Å². The van der Waals surface area contributed by atoms with Crippen LogP contribution in [0.4, 0.5) is 0 Å². The van der Waals surface area contributed by atoms with Crippen LogP contribution in [0.1, 0.15) is 21.5 Å². The van der Waals surface area contributed by atoms with Gasteiger partial charge in [0.25, 0.3) is 5.91 Å². The largest absolute Gasteiger partial charge is 0.481 e. The summed E-state index contributed by atoms with van der Waals surface area (Å²) < 4.78 is 5.56. The smallest absolute Gasteiger partial charge is 0.252 e. The molecule has 112 valence electrons. The lowest BCUT2D eigenvalue weighted by Gasteiger charge is -2.04. The van der Waals surface area contributed by atoms with Gasteiger partial charge in [-0.05, 0) is 37.6 Å². The molecule has 0 saturated carbocycles. The molecule has 2 aromatic carbocycles. The van der Waals surface area contributed by atoms with E-state index in [0.29, 0.717) is 18.7 Å². The lowest BCUT2D eigenvalue weighted by Crippen LogP contribution is -2.23. The van der Waals surface area contributed by atoms with Gasteiger partial charge in [-0.3, -0.25) is 4.79 Å². The number of benzene rings is 2. The van der Waals surface area contributed by atoms with Gasteiger partial charge in [0.2, 0.25) is 0 Å². The molecule has 0 aliphatic rings. The first kappa shape index (κ1) is 15.7. The van der Waals surface area contributed by atoms with E-state index in [9.17, 15) is 4.79 Å². The summed E-state index contributed by atoms with van der Waals surface area (Å²) in [6, 6.07) is 15.2. The van der Waals surface area contributed by atoms with Gasteiger partial charge in [-0.15, -0.1) is 0 Å². The van der Waals surface area contributed by atoms with E-state index in [4.69, 9.17) is 4.74 Å². The number of carbonyl (C=O) groups excluding carboxylic acids is 1. The maximum absolute atomic E-state index is 11.8. The molecule has 3 heteroatoms. The normalized spacial score (nSPS) is 9.55. The molecule has 0 radical (unpaired) electrons. The van der Waals surface area contributed by atoms with Crippen LogP contribution in [0.3, 0.4) is 0 Å². The van der Waals surface area contributed by atoms with Crippen LogP contribution in [0.15, 0.2) is 48.5 Å². The van der Waals surface area contributed by atoms with Crippen molar-refractivity contribution in [2.75, 3.05) is 13.2 Å². The van der Waals surface area contributed by atoms with Crippen LogP contribution in [-0.4, -0.2) is 19.1 Å². The summed E-state index contributed by atoms with van der Waals surface area (Å²) in [5.41, 5.74) is 2.85. The summed E-state index contributed by atoms with van der Waals surface area (Å²) in [6.45, 7) is 4.60. The van der Waals surface area contributed by atoms with Gasteiger partial charge in [0, 0.05) is 5.56 Å².